The SMILES string of the molecule is C=C/C=C(C=NC(CCO)C(CCO)N=CC(=C/C=C\C)/C(O)=C\C)\C(O)=C/C. The van der Waals surface area contributed by atoms with Crippen molar-refractivity contribution >= 4 is 12.4 Å². The quantitative estimate of drug-likeness (QED) is 0.211. The molecule has 29 heavy (non-hydrogen) atoms. The van der Waals surface area contributed by atoms with Crippen LogP contribution in [0, 0.1) is 0 Å². The van der Waals surface area contributed by atoms with Crippen LogP contribution in [0.3, 0.4) is 0 Å². The molecule has 0 fully saturated rings. The summed E-state index contributed by atoms with van der Waals surface area (Å²) < 4.78 is 0. The Bertz CT molecular complexity index is 698. The number of aliphatic imine (C=N–C) groups is 2. The summed E-state index contributed by atoms with van der Waals surface area (Å²) in [5, 5.41) is 38.9. The van der Waals surface area contributed by atoms with Crippen LogP contribution in [0.15, 0.2) is 81.8 Å². The number of hydrogen-bond acceptors (Lipinski definition) is 6. The van der Waals surface area contributed by atoms with Crippen molar-refractivity contribution in [2.24, 2.45) is 9.98 Å². The zero-order chi connectivity index (χ0) is 22.1. The van der Waals surface area contributed by atoms with E-state index >= 15 is 0 Å². The van der Waals surface area contributed by atoms with Crippen LogP contribution in [-0.2, 0) is 0 Å². The number of aliphatic hydroxyl groups excluding tert-OH is 4. The van der Waals surface area contributed by atoms with Crippen molar-refractivity contribution in [3.8, 4) is 0 Å². The van der Waals surface area contributed by atoms with Crippen LogP contribution in [0.2, 0.25) is 0 Å². The fraction of sp³-hybridized carbons (Fsp3) is 0.391. The van der Waals surface area contributed by atoms with E-state index in [1.165, 1.54) is 6.21 Å². The summed E-state index contributed by atoms with van der Waals surface area (Å²) in [7, 11) is 0. The van der Waals surface area contributed by atoms with Crippen LogP contribution in [0.25, 0.3) is 0 Å². The van der Waals surface area contributed by atoms with E-state index in [9.17, 15) is 20.4 Å². The monoisotopic (exact) mass is 402 g/mol. The molecule has 0 aromatic rings. The van der Waals surface area contributed by atoms with Crippen molar-refractivity contribution < 1.29 is 20.4 Å². The summed E-state index contributed by atoms with van der Waals surface area (Å²) in [5.41, 5.74) is 1.01. The Balaban J connectivity index is 5.87. The summed E-state index contributed by atoms with van der Waals surface area (Å²) >= 11 is 0. The van der Waals surface area contributed by atoms with Crippen molar-refractivity contribution in [2.75, 3.05) is 13.2 Å². The van der Waals surface area contributed by atoms with Gasteiger partial charge in [0.05, 0.1) is 12.1 Å². The van der Waals surface area contributed by atoms with E-state index in [2.05, 4.69) is 16.6 Å². The third-order valence-corrected chi connectivity index (χ3v) is 4.01. The van der Waals surface area contributed by atoms with Gasteiger partial charge in [-0.2, -0.15) is 0 Å². The fourth-order valence-corrected chi connectivity index (χ4v) is 2.40. The Morgan fingerprint density at radius 1 is 0.828 bits per heavy atom. The van der Waals surface area contributed by atoms with Gasteiger partial charge in [-0.3, -0.25) is 9.98 Å². The zero-order valence-corrected chi connectivity index (χ0v) is 17.6. The van der Waals surface area contributed by atoms with E-state index in [1.807, 2.05) is 13.0 Å². The minimum atomic E-state index is -0.419. The molecule has 4 N–H and O–H groups in total. The molecule has 0 spiro atoms. The summed E-state index contributed by atoms with van der Waals surface area (Å²) in [6.07, 6.45) is 15.4. The number of hydrogen-bond donors (Lipinski definition) is 4. The molecule has 0 aliphatic carbocycles. The van der Waals surface area contributed by atoms with Gasteiger partial charge in [-0.25, -0.2) is 0 Å². The average molecular weight is 403 g/mol. The topological polar surface area (TPSA) is 106 Å². The largest absolute Gasteiger partial charge is 0.508 e. The van der Waals surface area contributed by atoms with E-state index in [4.69, 9.17) is 0 Å². The highest BCUT2D eigenvalue weighted by Gasteiger charge is 2.19. The van der Waals surface area contributed by atoms with E-state index < -0.39 is 12.1 Å². The number of nitrogens with zero attached hydrogens (tertiary/aromatic N) is 2. The van der Waals surface area contributed by atoms with Crippen LogP contribution in [0.4, 0.5) is 0 Å². The summed E-state index contributed by atoms with van der Waals surface area (Å²) in [6.45, 7) is 8.72. The van der Waals surface area contributed by atoms with Crippen LogP contribution < -0.4 is 0 Å². The molecule has 0 aromatic heterocycles. The molecule has 2 unspecified atom stereocenters. The van der Waals surface area contributed by atoms with E-state index in [1.54, 1.807) is 56.5 Å². The molecule has 0 radical (unpaired) electrons. The van der Waals surface area contributed by atoms with Gasteiger partial charge in [0.25, 0.3) is 0 Å². The zero-order valence-electron chi connectivity index (χ0n) is 17.6. The maximum Gasteiger partial charge on any atom is 0.120 e. The molecule has 0 rings (SSSR count). The van der Waals surface area contributed by atoms with E-state index in [0.29, 0.717) is 24.0 Å². The van der Waals surface area contributed by atoms with Gasteiger partial charge in [0.1, 0.15) is 11.5 Å². The summed E-state index contributed by atoms with van der Waals surface area (Å²) in [5.74, 6) is 0.152. The highest BCUT2D eigenvalue weighted by atomic mass is 16.3. The van der Waals surface area contributed by atoms with Gasteiger partial charge < -0.3 is 20.4 Å². The van der Waals surface area contributed by atoms with Gasteiger partial charge >= 0.3 is 0 Å². The standard InChI is InChI=1S/C23H34N2O4/c1-5-9-11-19(23(29)8-4)17-25-21(13-15-27)20(12-14-26)24-16-18(10-6-2)22(28)7-3/h5-11,16-17,20-21,26-29H,2,12-15H2,1,3-4H3/b9-5-,18-10-,19-11-,22-7+,23-8+,24-16?,25-17?. The van der Waals surface area contributed by atoms with E-state index in [-0.39, 0.29) is 24.7 Å². The first-order valence-corrected chi connectivity index (χ1v) is 9.63. The predicted molar refractivity (Wildman–Crippen MR) is 122 cm³/mol. The molecule has 6 heteroatoms. The summed E-state index contributed by atoms with van der Waals surface area (Å²) in [4.78, 5) is 9.00. The second-order valence-corrected chi connectivity index (χ2v) is 6.07. The maximum absolute atomic E-state index is 10.1. The lowest BCUT2D eigenvalue weighted by atomic mass is 10.0. The Morgan fingerprint density at radius 2 is 1.28 bits per heavy atom. The summed E-state index contributed by atoms with van der Waals surface area (Å²) in [6, 6.07) is -0.836. The van der Waals surface area contributed by atoms with Gasteiger partial charge in [0.15, 0.2) is 0 Å². The predicted octanol–water partition coefficient (Wildman–Crippen LogP) is 4.17. The highest BCUT2D eigenvalue weighted by Crippen LogP contribution is 2.15. The van der Waals surface area contributed by atoms with Gasteiger partial charge in [0, 0.05) is 36.8 Å². The van der Waals surface area contributed by atoms with Gasteiger partial charge in [0.2, 0.25) is 0 Å². The lowest BCUT2D eigenvalue weighted by Crippen LogP contribution is -2.26. The van der Waals surface area contributed by atoms with E-state index in [0.717, 1.165) is 0 Å². The molecule has 0 aliphatic heterocycles. The lowest BCUT2D eigenvalue weighted by Gasteiger charge is -2.19. The maximum atomic E-state index is 10.1. The number of aliphatic hydroxyl groups is 4. The molecule has 0 aliphatic rings. The van der Waals surface area contributed by atoms with Gasteiger partial charge in [-0.15, -0.1) is 0 Å². The van der Waals surface area contributed by atoms with Crippen LogP contribution in [0.5, 0.6) is 0 Å². The second kappa shape index (κ2) is 16.3. The van der Waals surface area contributed by atoms with Crippen molar-refractivity contribution in [1.29, 1.82) is 0 Å². The minimum Gasteiger partial charge on any atom is -0.508 e. The highest BCUT2D eigenvalue weighted by molar-refractivity contribution is 5.85. The van der Waals surface area contributed by atoms with Crippen molar-refractivity contribution in [2.45, 2.75) is 45.7 Å². The van der Waals surface area contributed by atoms with Crippen molar-refractivity contribution in [3.05, 3.63) is 71.8 Å². The number of rotatable bonds is 13. The molecule has 6 nitrogen and oxygen atoms in total. The van der Waals surface area contributed by atoms with Crippen molar-refractivity contribution in [1.82, 2.24) is 0 Å². The molecule has 0 heterocycles. The third kappa shape index (κ3) is 10.4. The smallest absolute Gasteiger partial charge is 0.120 e. The normalized spacial score (nSPS) is 16.9. The second-order valence-electron chi connectivity index (χ2n) is 6.07. The van der Waals surface area contributed by atoms with Crippen LogP contribution >= 0.6 is 0 Å². The fourth-order valence-electron chi connectivity index (χ4n) is 2.40. The number of allylic oxidation sites excluding steroid dienone is 9. The Hall–Kier alpha value is -2.70. The molecular formula is C23H34N2O4. The van der Waals surface area contributed by atoms with Crippen molar-refractivity contribution in [3.63, 3.8) is 0 Å². The first kappa shape index (κ1) is 26.3. The molecule has 160 valence electrons. The lowest BCUT2D eigenvalue weighted by molar-refractivity contribution is 0.243. The third-order valence-electron chi connectivity index (χ3n) is 4.01. The molecule has 0 bridgehead atoms. The van der Waals surface area contributed by atoms with Crippen LogP contribution in [0.1, 0.15) is 33.6 Å². The first-order valence-electron chi connectivity index (χ1n) is 9.63. The molecule has 0 saturated heterocycles. The Labute approximate surface area is 174 Å². The van der Waals surface area contributed by atoms with Gasteiger partial charge in [-0.1, -0.05) is 37.0 Å². The molecule has 0 saturated carbocycles. The Morgan fingerprint density at radius 3 is 1.62 bits per heavy atom. The Kier molecular flexibility index (Phi) is 14.8. The molecule has 0 amide bonds. The first-order chi connectivity index (χ1) is 14.0. The molecular weight excluding hydrogens is 368 g/mol. The average Bonchev–Trinajstić information content (AvgIpc) is 2.73. The van der Waals surface area contributed by atoms with Gasteiger partial charge in [-0.05, 0) is 45.8 Å². The molecule has 2 atom stereocenters. The van der Waals surface area contributed by atoms with Crippen LogP contribution in [-0.4, -0.2) is 58.2 Å². The molecule has 0 aromatic carbocycles. The minimum absolute atomic E-state index is 0.0631.